The van der Waals surface area contributed by atoms with Crippen LogP contribution in [0.2, 0.25) is 5.02 Å². The topological polar surface area (TPSA) is 0 Å². The minimum atomic E-state index is 0.765. The summed E-state index contributed by atoms with van der Waals surface area (Å²) in [6, 6.07) is 8.41. The van der Waals surface area contributed by atoms with Crippen LogP contribution in [0.15, 0.2) is 28.7 Å². The van der Waals surface area contributed by atoms with Crippen LogP contribution < -0.4 is 0 Å². The molecule has 0 heterocycles. The van der Waals surface area contributed by atoms with Crippen LogP contribution in [0.4, 0.5) is 0 Å². The Hall–Kier alpha value is -0.530. The Balaban J connectivity index is 2.83. The Labute approximate surface area is 97.0 Å². The summed E-state index contributed by atoms with van der Waals surface area (Å²) in [5.74, 6) is 0. The van der Waals surface area contributed by atoms with Crippen LogP contribution >= 0.6 is 27.5 Å². The fourth-order valence-corrected chi connectivity index (χ4v) is 2.05. The standard InChI is InChI=1S/C12H10BrCl/c1-7-3-9-5-11(13)12(14)6-10(9)4-8(7)2/h3-6H,1-2H3. The molecule has 0 spiro atoms. The number of rotatable bonds is 0. The summed E-state index contributed by atoms with van der Waals surface area (Å²) in [5, 5.41) is 3.19. The van der Waals surface area contributed by atoms with Crippen molar-refractivity contribution in [2.75, 3.05) is 0 Å². The number of benzene rings is 2. The second-order valence-electron chi connectivity index (χ2n) is 3.55. The molecule has 0 atom stereocenters. The van der Waals surface area contributed by atoms with E-state index in [0.717, 1.165) is 9.50 Å². The third-order valence-corrected chi connectivity index (χ3v) is 3.69. The molecule has 0 nitrogen and oxygen atoms in total. The first kappa shape index (κ1) is 10.0. The molecule has 0 amide bonds. The van der Waals surface area contributed by atoms with Crippen LogP contribution in [0.25, 0.3) is 10.8 Å². The molecule has 0 fully saturated rings. The lowest BCUT2D eigenvalue weighted by molar-refractivity contribution is 1.36. The lowest BCUT2D eigenvalue weighted by Gasteiger charge is -2.05. The molecule has 0 N–H and O–H groups in total. The van der Waals surface area contributed by atoms with Crippen molar-refractivity contribution in [3.8, 4) is 0 Å². The Morgan fingerprint density at radius 1 is 0.929 bits per heavy atom. The smallest absolute Gasteiger partial charge is 0.0554 e. The van der Waals surface area contributed by atoms with Crippen molar-refractivity contribution in [1.29, 1.82) is 0 Å². The molecular weight excluding hydrogens is 259 g/mol. The lowest BCUT2D eigenvalue weighted by atomic mass is 10.0. The molecule has 2 aromatic carbocycles. The van der Waals surface area contributed by atoms with E-state index < -0.39 is 0 Å². The fraction of sp³-hybridized carbons (Fsp3) is 0.167. The van der Waals surface area contributed by atoms with Gasteiger partial charge in [0.1, 0.15) is 0 Å². The van der Waals surface area contributed by atoms with Crippen LogP contribution in [0, 0.1) is 13.8 Å². The van der Waals surface area contributed by atoms with Crippen molar-refractivity contribution in [2.45, 2.75) is 13.8 Å². The monoisotopic (exact) mass is 268 g/mol. The van der Waals surface area contributed by atoms with Gasteiger partial charge in [-0.05, 0) is 63.8 Å². The van der Waals surface area contributed by atoms with E-state index in [1.54, 1.807) is 0 Å². The number of halogens is 2. The van der Waals surface area contributed by atoms with Crippen LogP contribution in [-0.2, 0) is 0 Å². The maximum Gasteiger partial charge on any atom is 0.0554 e. The summed E-state index contributed by atoms with van der Waals surface area (Å²) in [6.07, 6.45) is 0. The molecular formula is C12H10BrCl. The first-order chi connectivity index (χ1) is 6.58. The number of hydrogen-bond donors (Lipinski definition) is 0. The van der Waals surface area contributed by atoms with Crippen molar-refractivity contribution in [3.05, 3.63) is 44.9 Å². The molecule has 2 rings (SSSR count). The SMILES string of the molecule is Cc1cc2cc(Cl)c(Br)cc2cc1C. The molecule has 0 bridgehead atoms. The molecule has 0 radical (unpaired) electrons. The zero-order valence-electron chi connectivity index (χ0n) is 8.07. The number of hydrogen-bond acceptors (Lipinski definition) is 0. The third-order valence-electron chi connectivity index (χ3n) is 2.49. The van der Waals surface area contributed by atoms with Gasteiger partial charge in [0.25, 0.3) is 0 Å². The quantitative estimate of drug-likeness (QED) is 0.640. The van der Waals surface area contributed by atoms with E-state index in [4.69, 9.17) is 11.6 Å². The minimum Gasteiger partial charge on any atom is -0.0831 e. The van der Waals surface area contributed by atoms with Gasteiger partial charge in [0.15, 0.2) is 0 Å². The average Bonchev–Trinajstić information content (AvgIpc) is 2.11. The van der Waals surface area contributed by atoms with Crippen LogP contribution in [0.5, 0.6) is 0 Å². The van der Waals surface area contributed by atoms with Crippen molar-refractivity contribution in [1.82, 2.24) is 0 Å². The molecule has 0 saturated carbocycles. The minimum absolute atomic E-state index is 0.765. The van der Waals surface area contributed by atoms with Gasteiger partial charge in [0, 0.05) is 4.47 Å². The van der Waals surface area contributed by atoms with Crippen molar-refractivity contribution in [3.63, 3.8) is 0 Å². The summed E-state index contributed by atoms with van der Waals surface area (Å²) in [4.78, 5) is 0. The molecule has 2 aromatic rings. The van der Waals surface area contributed by atoms with Gasteiger partial charge in [-0.3, -0.25) is 0 Å². The van der Waals surface area contributed by atoms with Crippen LogP contribution in [-0.4, -0.2) is 0 Å². The van der Waals surface area contributed by atoms with Crippen LogP contribution in [0.1, 0.15) is 11.1 Å². The maximum atomic E-state index is 6.03. The van der Waals surface area contributed by atoms with Gasteiger partial charge in [0.2, 0.25) is 0 Å². The van der Waals surface area contributed by atoms with E-state index in [1.165, 1.54) is 21.9 Å². The van der Waals surface area contributed by atoms with E-state index in [1.807, 2.05) is 6.07 Å². The van der Waals surface area contributed by atoms with Gasteiger partial charge < -0.3 is 0 Å². The molecule has 0 aliphatic rings. The van der Waals surface area contributed by atoms with E-state index in [2.05, 4.69) is 48.0 Å². The lowest BCUT2D eigenvalue weighted by Crippen LogP contribution is -1.82. The Bertz CT molecular complexity index is 414. The van der Waals surface area contributed by atoms with Gasteiger partial charge in [-0.15, -0.1) is 0 Å². The van der Waals surface area contributed by atoms with Crippen molar-refractivity contribution in [2.24, 2.45) is 0 Å². The second kappa shape index (κ2) is 3.56. The summed E-state index contributed by atoms with van der Waals surface area (Å²) < 4.78 is 0.954. The molecule has 14 heavy (non-hydrogen) atoms. The predicted octanol–water partition coefficient (Wildman–Crippen LogP) is 4.87. The van der Waals surface area contributed by atoms with E-state index >= 15 is 0 Å². The van der Waals surface area contributed by atoms with Gasteiger partial charge >= 0.3 is 0 Å². The van der Waals surface area contributed by atoms with Crippen LogP contribution in [0.3, 0.4) is 0 Å². The highest BCUT2D eigenvalue weighted by Crippen LogP contribution is 2.29. The summed E-state index contributed by atoms with van der Waals surface area (Å²) >= 11 is 9.46. The summed E-state index contributed by atoms with van der Waals surface area (Å²) in [7, 11) is 0. The van der Waals surface area contributed by atoms with Gasteiger partial charge in [-0.1, -0.05) is 23.7 Å². The number of fused-ring (bicyclic) bond motifs is 1. The summed E-state index contributed by atoms with van der Waals surface area (Å²) in [5.41, 5.74) is 2.61. The molecule has 2 heteroatoms. The maximum absolute atomic E-state index is 6.03. The predicted molar refractivity (Wildman–Crippen MR) is 66.1 cm³/mol. The Morgan fingerprint density at radius 3 is 2.00 bits per heavy atom. The van der Waals surface area contributed by atoms with Gasteiger partial charge in [0.05, 0.1) is 5.02 Å². The van der Waals surface area contributed by atoms with Gasteiger partial charge in [-0.25, -0.2) is 0 Å². The largest absolute Gasteiger partial charge is 0.0831 e. The Morgan fingerprint density at radius 2 is 1.43 bits per heavy atom. The second-order valence-corrected chi connectivity index (χ2v) is 4.81. The van der Waals surface area contributed by atoms with Crippen molar-refractivity contribution >= 4 is 38.3 Å². The zero-order valence-corrected chi connectivity index (χ0v) is 10.4. The third kappa shape index (κ3) is 1.67. The highest BCUT2D eigenvalue weighted by molar-refractivity contribution is 9.10. The molecule has 0 unspecified atom stereocenters. The van der Waals surface area contributed by atoms with Gasteiger partial charge in [-0.2, -0.15) is 0 Å². The highest BCUT2D eigenvalue weighted by Gasteiger charge is 2.02. The Kier molecular flexibility index (Phi) is 2.54. The summed E-state index contributed by atoms with van der Waals surface area (Å²) in [6.45, 7) is 4.24. The van der Waals surface area contributed by atoms with E-state index in [0.29, 0.717) is 0 Å². The van der Waals surface area contributed by atoms with E-state index in [9.17, 15) is 0 Å². The number of aryl methyl sites for hydroxylation is 2. The van der Waals surface area contributed by atoms with E-state index in [-0.39, 0.29) is 0 Å². The molecule has 0 aliphatic heterocycles. The zero-order chi connectivity index (χ0) is 10.3. The molecule has 0 aromatic heterocycles. The molecule has 0 aliphatic carbocycles. The highest BCUT2D eigenvalue weighted by atomic mass is 79.9. The molecule has 72 valence electrons. The van der Waals surface area contributed by atoms with Crippen molar-refractivity contribution < 1.29 is 0 Å². The normalized spacial score (nSPS) is 10.9. The molecule has 0 saturated heterocycles. The first-order valence-electron chi connectivity index (χ1n) is 4.44. The first-order valence-corrected chi connectivity index (χ1v) is 5.61. The fourth-order valence-electron chi connectivity index (χ4n) is 1.52. The average molecular weight is 270 g/mol.